The van der Waals surface area contributed by atoms with E-state index >= 15 is 0 Å². The van der Waals surface area contributed by atoms with Gasteiger partial charge in [-0.25, -0.2) is 26.9 Å². The van der Waals surface area contributed by atoms with Crippen molar-refractivity contribution in [3.8, 4) is 11.3 Å². The van der Waals surface area contributed by atoms with Gasteiger partial charge >= 0.3 is 0 Å². The lowest BCUT2D eigenvalue weighted by molar-refractivity contribution is 0.377. The SMILES string of the molecule is Fc1c(F)c(F)c(C=NNc2nc(-c3ccccc3)cs2)c(F)c1F. The first-order valence-electron chi connectivity index (χ1n) is 6.80. The Labute approximate surface area is 142 Å². The molecule has 0 atom stereocenters. The summed E-state index contributed by atoms with van der Waals surface area (Å²) in [4.78, 5) is 4.20. The van der Waals surface area contributed by atoms with Crippen LogP contribution in [-0.2, 0) is 0 Å². The van der Waals surface area contributed by atoms with Crippen molar-refractivity contribution in [2.24, 2.45) is 5.10 Å². The zero-order valence-corrected chi connectivity index (χ0v) is 13.1. The Morgan fingerprint density at radius 3 is 2.12 bits per heavy atom. The molecule has 0 aliphatic carbocycles. The molecule has 1 heterocycles. The van der Waals surface area contributed by atoms with Crippen LogP contribution >= 0.6 is 11.3 Å². The second kappa shape index (κ2) is 6.98. The van der Waals surface area contributed by atoms with E-state index in [4.69, 9.17) is 0 Å². The Morgan fingerprint density at radius 1 is 0.880 bits per heavy atom. The Morgan fingerprint density at radius 2 is 1.48 bits per heavy atom. The molecule has 2 aromatic carbocycles. The third-order valence-electron chi connectivity index (χ3n) is 3.17. The largest absolute Gasteiger partial charge is 0.253 e. The number of halogens is 5. The van der Waals surface area contributed by atoms with E-state index in [0.29, 0.717) is 17.0 Å². The molecule has 3 rings (SSSR count). The second-order valence-electron chi connectivity index (χ2n) is 4.76. The number of hydrazone groups is 1. The van der Waals surface area contributed by atoms with Crippen LogP contribution < -0.4 is 5.43 Å². The number of nitrogens with zero attached hydrogens (tertiary/aromatic N) is 2. The molecule has 0 aliphatic rings. The van der Waals surface area contributed by atoms with Gasteiger partial charge in [0.15, 0.2) is 23.3 Å². The van der Waals surface area contributed by atoms with Gasteiger partial charge in [-0.1, -0.05) is 30.3 Å². The summed E-state index contributed by atoms with van der Waals surface area (Å²) in [7, 11) is 0. The average Bonchev–Trinajstić information content (AvgIpc) is 3.11. The maximum atomic E-state index is 13.5. The van der Waals surface area contributed by atoms with E-state index < -0.39 is 34.6 Å². The normalized spacial score (nSPS) is 11.2. The van der Waals surface area contributed by atoms with Gasteiger partial charge in [-0.05, 0) is 0 Å². The molecule has 3 nitrogen and oxygen atoms in total. The van der Waals surface area contributed by atoms with Crippen LogP contribution in [0.3, 0.4) is 0 Å². The van der Waals surface area contributed by atoms with Crippen LogP contribution in [0.4, 0.5) is 27.1 Å². The maximum Gasteiger partial charge on any atom is 0.203 e. The van der Waals surface area contributed by atoms with Crippen LogP contribution in [0.1, 0.15) is 5.56 Å². The summed E-state index contributed by atoms with van der Waals surface area (Å²) in [5.41, 5.74) is 2.77. The number of aromatic nitrogens is 1. The number of thiazole rings is 1. The smallest absolute Gasteiger partial charge is 0.203 e. The number of anilines is 1. The van der Waals surface area contributed by atoms with E-state index in [9.17, 15) is 22.0 Å². The highest BCUT2D eigenvalue weighted by Crippen LogP contribution is 2.25. The van der Waals surface area contributed by atoms with Crippen LogP contribution in [-0.4, -0.2) is 11.2 Å². The topological polar surface area (TPSA) is 37.3 Å². The van der Waals surface area contributed by atoms with Crippen molar-refractivity contribution >= 4 is 22.7 Å². The first-order chi connectivity index (χ1) is 12.0. The van der Waals surface area contributed by atoms with Gasteiger partial charge in [0.1, 0.15) is 0 Å². The van der Waals surface area contributed by atoms with Gasteiger partial charge < -0.3 is 0 Å². The van der Waals surface area contributed by atoms with E-state index in [-0.39, 0.29) is 0 Å². The quantitative estimate of drug-likeness (QED) is 0.232. The molecule has 1 N–H and O–H groups in total. The number of hydrogen-bond donors (Lipinski definition) is 1. The fraction of sp³-hybridized carbons (Fsp3) is 0. The van der Waals surface area contributed by atoms with Gasteiger partial charge in [-0.3, -0.25) is 5.43 Å². The molecule has 1 aromatic heterocycles. The summed E-state index contributed by atoms with van der Waals surface area (Å²) in [5.74, 6) is -10.2. The van der Waals surface area contributed by atoms with Crippen LogP contribution in [0.15, 0.2) is 40.8 Å². The van der Waals surface area contributed by atoms with Crippen molar-refractivity contribution in [2.75, 3.05) is 5.43 Å². The highest BCUT2D eigenvalue weighted by Gasteiger charge is 2.24. The minimum Gasteiger partial charge on any atom is -0.253 e. The molecule has 25 heavy (non-hydrogen) atoms. The van der Waals surface area contributed by atoms with Crippen molar-refractivity contribution in [2.45, 2.75) is 0 Å². The van der Waals surface area contributed by atoms with Gasteiger partial charge in [-0.2, -0.15) is 5.10 Å². The molecule has 0 radical (unpaired) electrons. The molecule has 0 amide bonds. The van der Waals surface area contributed by atoms with Crippen molar-refractivity contribution in [3.05, 3.63) is 70.4 Å². The predicted molar refractivity (Wildman–Crippen MR) is 85.0 cm³/mol. The minimum atomic E-state index is -2.22. The predicted octanol–water partition coefficient (Wildman–Crippen LogP) is 4.95. The lowest BCUT2D eigenvalue weighted by Crippen LogP contribution is -2.07. The first kappa shape index (κ1) is 17.0. The molecule has 0 fully saturated rings. The Balaban J connectivity index is 1.80. The molecule has 128 valence electrons. The fourth-order valence-corrected chi connectivity index (χ4v) is 2.62. The van der Waals surface area contributed by atoms with E-state index in [0.717, 1.165) is 5.56 Å². The summed E-state index contributed by atoms with van der Waals surface area (Å²) in [6.45, 7) is 0. The molecule has 3 aromatic rings. The monoisotopic (exact) mass is 369 g/mol. The molecule has 0 spiro atoms. The van der Waals surface area contributed by atoms with Crippen LogP contribution in [0.25, 0.3) is 11.3 Å². The van der Waals surface area contributed by atoms with Crippen LogP contribution in [0.2, 0.25) is 0 Å². The van der Waals surface area contributed by atoms with E-state index in [1.165, 1.54) is 11.3 Å². The number of hydrogen-bond acceptors (Lipinski definition) is 4. The molecular formula is C16H8F5N3S. The van der Waals surface area contributed by atoms with Gasteiger partial charge in [0.25, 0.3) is 0 Å². The zero-order chi connectivity index (χ0) is 18.0. The Bertz CT molecular complexity index is 911. The molecular weight excluding hydrogens is 361 g/mol. The van der Waals surface area contributed by atoms with Crippen molar-refractivity contribution < 1.29 is 22.0 Å². The van der Waals surface area contributed by atoms with Gasteiger partial charge in [-0.15, -0.1) is 11.3 Å². The third-order valence-corrected chi connectivity index (χ3v) is 3.92. The Hall–Kier alpha value is -2.81. The third kappa shape index (κ3) is 3.36. The van der Waals surface area contributed by atoms with Crippen molar-refractivity contribution in [1.82, 2.24) is 4.98 Å². The summed E-state index contributed by atoms with van der Waals surface area (Å²) < 4.78 is 66.1. The lowest BCUT2D eigenvalue weighted by atomic mass is 10.2. The van der Waals surface area contributed by atoms with Gasteiger partial charge in [0.2, 0.25) is 10.9 Å². The summed E-state index contributed by atoms with van der Waals surface area (Å²) in [5, 5.41) is 5.51. The minimum absolute atomic E-state index is 0.291. The standard InChI is InChI=1S/C16H8F5N3S/c17-11-9(12(18)14(20)15(21)13(11)19)6-22-24-16-23-10(7-25-16)8-4-2-1-3-5-8/h1-7H,(H,23,24). The summed E-state index contributed by atoms with van der Waals surface area (Å²) >= 11 is 1.17. The highest BCUT2D eigenvalue weighted by atomic mass is 32.1. The molecule has 0 aliphatic heterocycles. The fourth-order valence-electron chi connectivity index (χ4n) is 1.95. The molecule has 0 bridgehead atoms. The second-order valence-corrected chi connectivity index (χ2v) is 5.62. The lowest BCUT2D eigenvalue weighted by Gasteiger charge is -2.03. The number of nitrogens with one attached hydrogen (secondary N) is 1. The van der Waals surface area contributed by atoms with Crippen molar-refractivity contribution in [3.63, 3.8) is 0 Å². The van der Waals surface area contributed by atoms with Gasteiger partial charge in [0, 0.05) is 10.9 Å². The highest BCUT2D eigenvalue weighted by molar-refractivity contribution is 7.14. The van der Waals surface area contributed by atoms with Gasteiger partial charge in [0.05, 0.1) is 17.5 Å². The molecule has 0 saturated carbocycles. The van der Waals surface area contributed by atoms with E-state index in [1.54, 1.807) is 5.38 Å². The number of rotatable bonds is 4. The number of benzene rings is 2. The first-order valence-corrected chi connectivity index (χ1v) is 7.68. The molecule has 9 heteroatoms. The zero-order valence-electron chi connectivity index (χ0n) is 12.2. The van der Waals surface area contributed by atoms with Crippen LogP contribution in [0, 0.1) is 29.1 Å². The summed E-state index contributed by atoms with van der Waals surface area (Å²) in [6, 6.07) is 9.21. The average molecular weight is 369 g/mol. The van der Waals surface area contributed by atoms with Crippen molar-refractivity contribution in [1.29, 1.82) is 0 Å². The van der Waals surface area contributed by atoms with E-state index in [2.05, 4.69) is 15.5 Å². The maximum absolute atomic E-state index is 13.5. The Kier molecular flexibility index (Phi) is 4.75. The van der Waals surface area contributed by atoms with Crippen LogP contribution in [0.5, 0.6) is 0 Å². The molecule has 0 saturated heterocycles. The van der Waals surface area contributed by atoms with E-state index in [1.807, 2.05) is 30.3 Å². The molecule has 0 unspecified atom stereocenters. The summed E-state index contributed by atoms with van der Waals surface area (Å²) in [6.07, 6.45) is 0.514.